The van der Waals surface area contributed by atoms with E-state index in [1.165, 1.54) is 17.4 Å². The Morgan fingerprint density at radius 3 is 2.78 bits per heavy atom. The number of furan rings is 1. The van der Waals surface area contributed by atoms with Crippen LogP contribution in [-0.2, 0) is 6.54 Å². The topological polar surface area (TPSA) is 45.4 Å². The Balaban J connectivity index is 1.84. The van der Waals surface area contributed by atoms with Gasteiger partial charge < -0.3 is 14.8 Å². The predicted molar refractivity (Wildman–Crippen MR) is 71.5 cm³/mol. The second kappa shape index (κ2) is 4.41. The quantitative estimate of drug-likeness (QED) is 0.870. The summed E-state index contributed by atoms with van der Waals surface area (Å²) in [5.74, 6) is 0.969. The van der Waals surface area contributed by atoms with Gasteiger partial charge in [0.1, 0.15) is 11.3 Å². The Labute approximate surface area is 107 Å². The van der Waals surface area contributed by atoms with Crippen LogP contribution in [0.4, 0.5) is 0 Å². The molecule has 1 aromatic heterocycles. The zero-order chi connectivity index (χ0) is 12.6. The van der Waals surface area contributed by atoms with E-state index in [1.54, 1.807) is 0 Å². The van der Waals surface area contributed by atoms with Gasteiger partial charge in [-0.2, -0.15) is 0 Å². The van der Waals surface area contributed by atoms with E-state index < -0.39 is 0 Å². The molecule has 0 radical (unpaired) electrons. The van der Waals surface area contributed by atoms with Crippen molar-refractivity contribution in [3.05, 3.63) is 35.6 Å². The molecule has 0 aliphatic heterocycles. The van der Waals surface area contributed by atoms with Crippen LogP contribution in [0, 0.1) is 6.92 Å². The van der Waals surface area contributed by atoms with Crippen molar-refractivity contribution in [2.45, 2.75) is 38.3 Å². The highest BCUT2D eigenvalue weighted by atomic mass is 16.3. The van der Waals surface area contributed by atoms with Gasteiger partial charge in [0, 0.05) is 23.0 Å². The summed E-state index contributed by atoms with van der Waals surface area (Å²) < 4.78 is 5.75. The van der Waals surface area contributed by atoms with Crippen molar-refractivity contribution in [3.63, 3.8) is 0 Å². The monoisotopic (exact) mass is 245 g/mol. The van der Waals surface area contributed by atoms with E-state index >= 15 is 0 Å². The molecular formula is C15H19NO2. The first-order chi connectivity index (χ1) is 8.74. The Morgan fingerprint density at radius 2 is 2.11 bits per heavy atom. The third-order valence-corrected chi connectivity index (χ3v) is 4.15. The number of nitrogens with one attached hydrogen (secondary N) is 1. The Kier molecular flexibility index (Phi) is 2.88. The van der Waals surface area contributed by atoms with Crippen LogP contribution in [-0.4, -0.2) is 17.3 Å². The first kappa shape index (κ1) is 11.8. The Morgan fingerprint density at radius 1 is 1.33 bits per heavy atom. The van der Waals surface area contributed by atoms with Crippen LogP contribution in [0.3, 0.4) is 0 Å². The van der Waals surface area contributed by atoms with Crippen molar-refractivity contribution in [2.24, 2.45) is 0 Å². The molecule has 1 heterocycles. The maximum Gasteiger partial charge on any atom is 0.134 e. The molecule has 1 aliphatic rings. The number of aryl methyl sites for hydroxylation is 1. The van der Waals surface area contributed by atoms with Gasteiger partial charge in [-0.1, -0.05) is 18.2 Å². The van der Waals surface area contributed by atoms with E-state index in [2.05, 4.69) is 11.4 Å². The summed E-state index contributed by atoms with van der Waals surface area (Å²) in [6.45, 7) is 2.99. The summed E-state index contributed by atoms with van der Waals surface area (Å²) in [6.07, 6.45) is 3.34. The van der Waals surface area contributed by atoms with Crippen molar-refractivity contribution in [3.8, 4) is 0 Å². The highest BCUT2D eigenvalue weighted by Crippen LogP contribution is 2.32. The first-order valence-corrected chi connectivity index (χ1v) is 6.57. The maximum atomic E-state index is 9.46. The van der Waals surface area contributed by atoms with Crippen LogP contribution in [0.15, 0.2) is 28.7 Å². The van der Waals surface area contributed by atoms with Gasteiger partial charge in [0.2, 0.25) is 0 Å². The number of aliphatic hydroxyl groups is 1. The van der Waals surface area contributed by atoms with Gasteiger partial charge in [-0.3, -0.25) is 0 Å². The fraction of sp³-hybridized carbons (Fsp3) is 0.467. The van der Waals surface area contributed by atoms with E-state index in [-0.39, 0.29) is 12.1 Å². The molecule has 96 valence electrons. The van der Waals surface area contributed by atoms with Crippen LogP contribution in [0.25, 0.3) is 11.0 Å². The van der Waals surface area contributed by atoms with Crippen LogP contribution in [0.5, 0.6) is 0 Å². The fourth-order valence-electron chi connectivity index (χ4n) is 2.71. The van der Waals surface area contributed by atoms with E-state index in [0.29, 0.717) is 0 Å². The molecule has 0 atom stereocenters. The zero-order valence-electron chi connectivity index (χ0n) is 10.7. The van der Waals surface area contributed by atoms with Crippen molar-refractivity contribution in [1.29, 1.82) is 0 Å². The second-order valence-electron chi connectivity index (χ2n) is 5.28. The van der Waals surface area contributed by atoms with Crippen LogP contribution in [0.1, 0.15) is 30.6 Å². The molecule has 2 aromatic rings. The number of hydrogen-bond acceptors (Lipinski definition) is 3. The molecule has 2 N–H and O–H groups in total. The van der Waals surface area contributed by atoms with Crippen LogP contribution in [0.2, 0.25) is 0 Å². The van der Waals surface area contributed by atoms with Crippen molar-refractivity contribution >= 4 is 11.0 Å². The van der Waals surface area contributed by atoms with Gasteiger partial charge in [0.15, 0.2) is 0 Å². The molecule has 0 bridgehead atoms. The van der Waals surface area contributed by atoms with Crippen molar-refractivity contribution < 1.29 is 9.52 Å². The lowest BCUT2D eigenvalue weighted by Crippen LogP contribution is -2.53. The molecule has 0 amide bonds. The van der Waals surface area contributed by atoms with E-state index in [0.717, 1.165) is 30.7 Å². The van der Waals surface area contributed by atoms with Gasteiger partial charge in [-0.05, 0) is 32.3 Å². The minimum absolute atomic E-state index is 0.0508. The van der Waals surface area contributed by atoms with Crippen LogP contribution < -0.4 is 5.32 Å². The lowest BCUT2D eigenvalue weighted by molar-refractivity contribution is 0.0872. The summed E-state index contributed by atoms with van der Waals surface area (Å²) >= 11 is 0. The molecule has 3 rings (SSSR count). The van der Waals surface area contributed by atoms with Gasteiger partial charge >= 0.3 is 0 Å². The minimum Gasteiger partial charge on any atom is -0.461 e. The number of aliphatic hydroxyl groups excluding tert-OH is 1. The van der Waals surface area contributed by atoms with Crippen molar-refractivity contribution in [1.82, 2.24) is 5.32 Å². The highest BCUT2D eigenvalue weighted by Gasteiger charge is 2.35. The number of benzene rings is 1. The third kappa shape index (κ3) is 1.84. The van der Waals surface area contributed by atoms with Crippen molar-refractivity contribution in [2.75, 3.05) is 6.61 Å². The first-order valence-electron chi connectivity index (χ1n) is 6.57. The smallest absolute Gasteiger partial charge is 0.134 e. The Hall–Kier alpha value is -1.32. The maximum absolute atomic E-state index is 9.46. The largest absolute Gasteiger partial charge is 0.461 e. The summed E-state index contributed by atoms with van der Waals surface area (Å²) in [5.41, 5.74) is 2.11. The third-order valence-electron chi connectivity index (χ3n) is 4.15. The molecule has 18 heavy (non-hydrogen) atoms. The van der Waals surface area contributed by atoms with Gasteiger partial charge in [-0.25, -0.2) is 0 Å². The molecule has 0 saturated heterocycles. The van der Waals surface area contributed by atoms with Crippen LogP contribution >= 0.6 is 0 Å². The zero-order valence-corrected chi connectivity index (χ0v) is 10.7. The summed E-state index contributed by atoms with van der Waals surface area (Å²) in [4.78, 5) is 0. The number of para-hydroxylation sites is 1. The van der Waals surface area contributed by atoms with E-state index in [9.17, 15) is 5.11 Å². The van der Waals surface area contributed by atoms with Gasteiger partial charge in [0.05, 0.1) is 6.61 Å². The molecule has 1 aliphatic carbocycles. The lowest BCUT2D eigenvalue weighted by Gasteiger charge is -2.41. The standard InChI is InChI=1S/C15H19NO2/c1-11-13(9-16-15(10-17)7-4-8-15)12-5-2-3-6-14(12)18-11/h2-3,5-6,16-17H,4,7-10H2,1H3. The minimum atomic E-state index is -0.0508. The molecule has 0 spiro atoms. The Bertz CT molecular complexity index is 549. The lowest BCUT2D eigenvalue weighted by atomic mass is 9.77. The second-order valence-corrected chi connectivity index (χ2v) is 5.28. The SMILES string of the molecule is Cc1oc2ccccc2c1CNC1(CO)CCC1. The van der Waals surface area contributed by atoms with E-state index in [1.807, 2.05) is 25.1 Å². The molecule has 0 unspecified atom stereocenters. The summed E-state index contributed by atoms with van der Waals surface area (Å²) in [6, 6.07) is 8.11. The molecule has 3 heteroatoms. The van der Waals surface area contributed by atoms with E-state index in [4.69, 9.17) is 4.42 Å². The fourth-order valence-corrected chi connectivity index (χ4v) is 2.71. The molecular weight excluding hydrogens is 226 g/mol. The molecule has 1 aromatic carbocycles. The average Bonchev–Trinajstić information content (AvgIpc) is 2.65. The number of hydrogen-bond donors (Lipinski definition) is 2. The predicted octanol–water partition coefficient (Wildman–Crippen LogP) is 2.75. The average molecular weight is 245 g/mol. The van der Waals surface area contributed by atoms with Gasteiger partial charge in [-0.15, -0.1) is 0 Å². The highest BCUT2D eigenvalue weighted by molar-refractivity contribution is 5.82. The van der Waals surface area contributed by atoms with Gasteiger partial charge in [0.25, 0.3) is 0 Å². The molecule has 1 fully saturated rings. The molecule has 3 nitrogen and oxygen atoms in total. The molecule has 1 saturated carbocycles. The number of rotatable bonds is 4. The summed E-state index contributed by atoms with van der Waals surface area (Å²) in [5, 5.41) is 14.1. The number of fused-ring (bicyclic) bond motifs is 1. The normalized spacial score (nSPS) is 17.9. The summed E-state index contributed by atoms with van der Waals surface area (Å²) in [7, 11) is 0.